The van der Waals surface area contributed by atoms with Gasteiger partial charge in [0.2, 0.25) is 0 Å². The first-order chi connectivity index (χ1) is 14.0. The van der Waals surface area contributed by atoms with Gasteiger partial charge in [0, 0.05) is 36.4 Å². The Hall–Kier alpha value is -3.92. The molecule has 1 aromatic heterocycles. The Labute approximate surface area is 168 Å². The number of aromatic nitrogens is 1. The van der Waals surface area contributed by atoms with E-state index in [1.54, 1.807) is 36.7 Å². The quantitative estimate of drug-likeness (QED) is 0.645. The van der Waals surface area contributed by atoms with E-state index in [1.807, 2.05) is 37.1 Å². The van der Waals surface area contributed by atoms with Crippen LogP contribution in [0.25, 0.3) is 0 Å². The van der Waals surface area contributed by atoms with Crippen LogP contribution in [0.3, 0.4) is 0 Å². The van der Waals surface area contributed by atoms with Crippen LogP contribution in [-0.4, -0.2) is 24.7 Å². The number of hydrogen-bond acceptors (Lipinski definition) is 5. The number of aryl methyl sites for hydroxylation is 1. The van der Waals surface area contributed by atoms with Gasteiger partial charge in [-0.1, -0.05) is 0 Å². The number of rotatable bonds is 6. The van der Waals surface area contributed by atoms with Crippen LogP contribution in [0.15, 0.2) is 60.9 Å². The first kappa shape index (κ1) is 19.8. The summed E-state index contributed by atoms with van der Waals surface area (Å²) >= 11 is 0. The zero-order valence-electron chi connectivity index (χ0n) is 16.0. The molecule has 0 aliphatic heterocycles. The Morgan fingerprint density at radius 1 is 1.21 bits per heavy atom. The van der Waals surface area contributed by atoms with Gasteiger partial charge >= 0.3 is 0 Å². The lowest BCUT2D eigenvalue weighted by atomic mass is 10.1. The van der Waals surface area contributed by atoms with Gasteiger partial charge in [-0.15, -0.1) is 0 Å². The van der Waals surface area contributed by atoms with E-state index in [0.717, 1.165) is 11.3 Å². The van der Waals surface area contributed by atoms with Crippen LogP contribution in [-0.2, 0) is 0 Å². The standard InChI is InChI=1S/C22H19FN4O2/c1-15-13-25-10-9-20(15)22(28)26-14-29-19-6-3-17(4-7-19)27(2)18-5-8-21(23)16(11-18)12-24/h3-11,13H,14H2,1-2H3,(H,26,28). The summed E-state index contributed by atoms with van der Waals surface area (Å²) in [4.78, 5) is 18.0. The summed E-state index contributed by atoms with van der Waals surface area (Å²) in [6.07, 6.45) is 3.20. The van der Waals surface area contributed by atoms with Crippen molar-refractivity contribution in [3.8, 4) is 11.8 Å². The smallest absolute Gasteiger partial charge is 0.254 e. The molecule has 0 bridgehead atoms. The lowest BCUT2D eigenvalue weighted by Crippen LogP contribution is -2.28. The van der Waals surface area contributed by atoms with E-state index in [1.165, 1.54) is 12.1 Å². The molecule has 146 valence electrons. The Bertz CT molecular complexity index is 1060. The molecular formula is C22H19FN4O2. The minimum absolute atomic E-state index is 0.00511. The van der Waals surface area contributed by atoms with Crippen LogP contribution in [0.1, 0.15) is 21.5 Å². The van der Waals surface area contributed by atoms with E-state index in [-0.39, 0.29) is 18.2 Å². The van der Waals surface area contributed by atoms with E-state index >= 15 is 0 Å². The predicted octanol–water partition coefficient (Wildman–Crippen LogP) is 3.94. The Morgan fingerprint density at radius 3 is 2.62 bits per heavy atom. The molecule has 1 amide bonds. The van der Waals surface area contributed by atoms with Crippen molar-refractivity contribution in [2.45, 2.75) is 6.92 Å². The van der Waals surface area contributed by atoms with Gasteiger partial charge in [-0.3, -0.25) is 9.78 Å². The number of pyridine rings is 1. The number of hydrogen-bond donors (Lipinski definition) is 1. The van der Waals surface area contributed by atoms with E-state index in [0.29, 0.717) is 17.0 Å². The second-order valence-electron chi connectivity index (χ2n) is 6.31. The molecule has 0 saturated carbocycles. The van der Waals surface area contributed by atoms with Crippen LogP contribution >= 0.6 is 0 Å². The molecule has 0 aliphatic carbocycles. The first-order valence-corrected chi connectivity index (χ1v) is 8.84. The van der Waals surface area contributed by atoms with Crippen LogP contribution in [0.2, 0.25) is 0 Å². The second-order valence-corrected chi connectivity index (χ2v) is 6.31. The summed E-state index contributed by atoms with van der Waals surface area (Å²) in [5.41, 5.74) is 2.87. The molecule has 0 fully saturated rings. The monoisotopic (exact) mass is 390 g/mol. The third-order valence-electron chi connectivity index (χ3n) is 4.42. The fourth-order valence-electron chi connectivity index (χ4n) is 2.73. The SMILES string of the molecule is Cc1cnccc1C(=O)NCOc1ccc(N(C)c2ccc(F)c(C#N)c2)cc1. The molecule has 0 atom stereocenters. The molecule has 3 rings (SSSR count). The largest absolute Gasteiger partial charge is 0.473 e. The summed E-state index contributed by atoms with van der Waals surface area (Å²) in [6, 6.07) is 15.1. The summed E-state index contributed by atoms with van der Waals surface area (Å²) in [7, 11) is 1.82. The normalized spacial score (nSPS) is 10.1. The minimum Gasteiger partial charge on any atom is -0.473 e. The number of amides is 1. The number of nitrogens with zero attached hydrogens (tertiary/aromatic N) is 3. The number of halogens is 1. The average molecular weight is 390 g/mol. The Balaban J connectivity index is 1.59. The van der Waals surface area contributed by atoms with Crippen molar-refractivity contribution in [1.82, 2.24) is 10.3 Å². The predicted molar refractivity (Wildman–Crippen MR) is 108 cm³/mol. The molecule has 0 saturated heterocycles. The number of ether oxygens (including phenoxy) is 1. The molecule has 29 heavy (non-hydrogen) atoms. The van der Waals surface area contributed by atoms with E-state index < -0.39 is 5.82 Å². The topological polar surface area (TPSA) is 78.2 Å². The van der Waals surface area contributed by atoms with Crippen LogP contribution in [0.4, 0.5) is 15.8 Å². The van der Waals surface area contributed by atoms with Crippen molar-refractivity contribution in [3.05, 3.63) is 83.4 Å². The van der Waals surface area contributed by atoms with Crippen molar-refractivity contribution in [3.63, 3.8) is 0 Å². The molecule has 6 nitrogen and oxygen atoms in total. The van der Waals surface area contributed by atoms with Gasteiger partial charge in [0.15, 0.2) is 6.73 Å². The third-order valence-corrected chi connectivity index (χ3v) is 4.42. The highest BCUT2D eigenvalue weighted by Crippen LogP contribution is 2.27. The highest BCUT2D eigenvalue weighted by molar-refractivity contribution is 5.95. The zero-order valence-corrected chi connectivity index (χ0v) is 16.0. The molecule has 0 radical (unpaired) electrons. The minimum atomic E-state index is -0.544. The molecule has 1 N–H and O–H groups in total. The molecule has 0 aliphatic rings. The second kappa shape index (κ2) is 8.85. The Morgan fingerprint density at radius 2 is 1.93 bits per heavy atom. The van der Waals surface area contributed by atoms with Gasteiger partial charge < -0.3 is 15.0 Å². The van der Waals surface area contributed by atoms with E-state index in [9.17, 15) is 9.18 Å². The maximum atomic E-state index is 13.5. The zero-order chi connectivity index (χ0) is 20.8. The van der Waals surface area contributed by atoms with Gasteiger partial charge in [-0.2, -0.15) is 5.26 Å². The van der Waals surface area contributed by atoms with Crippen LogP contribution < -0.4 is 15.0 Å². The highest BCUT2D eigenvalue weighted by Gasteiger charge is 2.10. The number of anilines is 2. The molecule has 3 aromatic rings. The summed E-state index contributed by atoms with van der Waals surface area (Å²) in [5, 5.41) is 11.7. The third kappa shape index (κ3) is 4.68. The van der Waals surface area contributed by atoms with E-state index in [2.05, 4.69) is 10.3 Å². The summed E-state index contributed by atoms with van der Waals surface area (Å²) in [6.45, 7) is 1.85. The molecule has 0 unspecified atom stereocenters. The number of carbonyl (C=O) groups is 1. The lowest BCUT2D eigenvalue weighted by molar-refractivity contribution is 0.0918. The summed E-state index contributed by atoms with van der Waals surface area (Å²) in [5.74, 6) is -0.186. The number of nitrogens with one attached hydrogen (secondary N) is 1. The fraction of sp³-hybridized carbons (Fsp3) is 0.136. The first-order valence-electron chi connectivity index (χ1n) is 8.84. The van der Waals surface area contributed by atoms with Gasteiger partial charge in [0.05, 0.1) is 5.56 Å². The lowest BCUT2D eigenvalue weighted by Gasteiger charge is -2.20. The van der Waals surface area contributed by atoms with Crippen molar-refractivity contribution in [1.29, 1.82) is 5.26 Å². The van der Waals surface area contributed by atoms with Gasteiger partial charge in [0.25, 0.3) is 5.91 Å². The van der Waals surface area contributed by atoms with Crippen LogP contribution in [0, 0.1) is 24.1 Å². The number of benzene rings is 2. The van der Waals surface area contributed by atoms with Crippen LogP contribution in [0.5, 0.6) is 5.75 Å². The molecule has 7 heteroatoms. The fourth-order valence-corrected chi connectivity index (χ4v) is 2.73. The van der Waals surface area contributed by atoms with Crippen molar-refractivity contribution in [2.75, 3.05) is 18.7 Å². The van der Waals surface area contributed by atoms with Crippen molar-refractivity contribution < 1.29 is 13.9 Å². The molecule has 2 aromatic carbocycles. The highest BCUT2D eigenvalue weighted by atomic mass is 19.1. The Kier molecular flexibility index (Phi) is 6.05. The average Bonchev–Trinajstić information content (AvgIpc) is 2.74. The maximum Gasteiger partial charge on any atom is 0.254 e. The maximum absolute atomic E-state index is 13.5. The molecular weight excluding hydrogens is 371 g/mol. The summed E-state index contributed by atoms with van der Waals surface area (Å²) < 4.78 is 19.1. The molecule has 1 heterocycles. The van der Waals surface area contributed by atoms with Gasteiger partial charge in [-0.25, -0.2) is 4.39 Å². The van der Waals surface area contributed by atoms with Crippen molar-refractivity contribution in [2.24, 2.45) is 0 Å². The van der Waals surface area contributed by atoms with E-state index in [4.69, 9.17) is 10.00 Å². The van der Waals surface area contributed by atoms with Crippen molar-refractivity contribution >= 4 is 17.3 Å². The van der Waals surface area contributed by atoms with Gasteiger partial charge in [-0.05, 0) is 61.0 Å². The molecule has 0 spiro atoms. The number of carbonyl (C=O) groups excluding carboxylic acids is 1. The van der Waals surface area contributed by atoms with Gasteiger partial charge in [0.1, 0.15) is 17.6 Å². The number of nitriles is 1.